The van der Waals surface area contributed by atoms with Crippen LogP contribution in [0.5, 0.6) is 0 Å². The highest BCUT2D eigenvalue weighted by molar-refractivity contribution is 5.82. The summed E-state index contributed by atoms with van der Waals surface area (Å²) in [4.78, 5) is 3.46. The molecule has 0 aliphatic carbocycles. The Morgan fingerprint density at radius 3 is 2.40 bits per heavy atom. The van der Waals surface area contributed by atoms with Gasteiger partial charge in [0.25, 0.3) is 0 Å². The number of rotatable bonds is 0. The molecule has 2 N–H and O–H groups in total. The van der Waals surface area contributed by atoms with E-state index in [0.29, 0.717) is 5.70 Å². The van der Waals surface area contributed by atoms with Crippen molar-refractivity contribution in [1.82, 2.24) is 0 Å². The predicted octanol–water partition coefficient (Wildman–Crippen LogP) is -0.252. The molecule has 1 aliphatic heterocycles. The van der Waals surface area contributed by atoms with Crippen molar-refractivity contribution >= 4 is 6.21 Å². The number of aliphatic imine (C=N–C) groups is 1. The van der Waals surface area contributed by atoms with Gasteiger partial charge in [0.15, 0.2) is 0 Å². The van der Waals surface area contributed by atoms with E-state index in [1.807, 2.05) is 0 Å². The Labute approximate surface area is 30.0 Å². The standard InChI is InChI=1S/C3H3N2/c4-3-1-5-2-3/h1H,4H2/q-1. The van der Waals surface area contributed by atoms with Crippen molar-refractivity contribution in [3.05, 3.63) is 11.9 Å². The molecule has 1 heterocycles. The Kier molecular flexibility index (Phi) is 0.283. The Hall–Kier alpha value is -0.790. The van der Waals surface area contributed by atoms with Crippen LogP contribution in [0.1, 0.15) is 0 Å². The highest BCUT2D eigenvalue weighted by atomic mass is 14.8. The lowest BCUT2D eigenvalue weighted by atomic mass is 10.5. The van der Waals surface area contributed by atoms with Crippen molar-refractivity contribution in [2.24, 2.45) is 10.7 Å². The molecule has 0 saturated carbocycles. The number of allylic oxidation sites excluding steroid dienone is 1. The fourth-order valence-electron chi connectivity index (χ4n) is 0.139. The van der Waals surface area contributed by atoms with Crippen LogP contribution < -0.4 is 5.73 Å². The van der Waals surface area contributed by atoms with Crippen LogP contribution >= 0.6 is 0 Å². The van der Waals surface area contributed by atoms with Gasteiger partial charge in [-0.1, -0.05) is 12.4 Å². The minimum Gasteiger partial charge on any atom is -0.417 e. The molecule has 0 aromatic carbocycles. The van der Waals surface area contributed by atoms with Crippen LogP contribution in [0.15, 0.2) is 16.9 Å². The summed E-state index contributed by atoms with van der Waals surface area (Å²) in [7, 11) is 0. The molecule has 0 amide bonds. The summed E-state index contributed by atoms with van der Waals surface area (Å²) < 4.78 is 0. The smallest absolute Gasteiger partial charge is 0.0480 e. The van der Waals surface area contributed by atoms with Crippen LogP contribution in [0.2, 0.25) is 0 Å². The molecule has 1 rings (SSSR count). The Morgan fingerprint density at radius 1 is 2.00 bits per heavy atom. The minimum atomic E-state index is 0.644. The molecule has 2 heteroatoms. The topological polar surface area (TPSA) is 38.4 Å². The Bertz CT molecular complexity index is 91.1. The van der Waals surface area contributed by atoms with Crippen molar-refractivity contribution in [2.45, 2.75) is 0 Å². The fourth-order valence-corrected chi connectivity index (χ4v) is 0.139. The molecule has 0 aromatic heterocycles. The molecule has 0 unspecified atom stereocenters. The average Bonchev–Trinajstić information content (AvgIpc) is 1.30. The van der Waals surface area contributed by atoms with Crippen molar-refractivity contribution in [3.8, 4) is 0 Å². The Morgan fingerprint density at radius 2 is 2.40 bits per heavy atom. The van der Waals surface area contributed by atoms with Gasteiger partial charge in [0.1, 0.15) is 0 Å². The van der Waals surface area contributed by atoms with Crippen LogP contribution in [-0.2, 0) is 0 Å². The lowest BCUT2D eigenvalue weighted by Crippen LogP contribution is -2.02. The van der Waals surface area contributed by atoms with Gasteiger partial charge < -0.3 is 10.7 Å². The molecule has 0 bridgehead atoms. The average molecular weight is 67.1 g/mol. The van der Waals surface area contributed by atoms with Crippen molar-refractivity contribution in [1.29, 1.82) is 0 Å². The van der Waals surface area contributed by atoms with E-state index in [1.165, 1.54) is 0 Å². The molecule has 0 fully saturated rings. The van der Waals surface area contributed by atoms with E-state index in [1.54, 1.807) is 6.20 Å². The molecule has 0 spiro atoms. The lowest BCUT2D eigenvalue weighted by Gasteiger charge is -2.02. The zero-order valence-corrected chi connectivity index (χ0v) is 2.60. The van der Waals surface area contributed by atoms with E-state index in [0.717, 1.165) is 0 Å². The fraction of sp³-hybridized carbons (Fsp3) is 0. The summed E-state index contributed by atoms with van der Waals surface area (Å²) in [5.74, 6) is 0. The van der Waals surface area contributed by atoms with Gasteiger partial charge in [-0.15, -0.1) is 0 Å². The quantitative estimate of drug-likeness (QED) is 0.390. The van der Waals surface area contributed by atoms with E-state index in [4.69, 9.17) is 5.73 Å². The van der Waals surface area contributed by atoms with E-state index in [-0.39, 0.29) is 0 Å². The summed E-state index contributed by atoms with van der Waals surface area (Å²) in [6.07, 6.45) is 4.03. The van der Waals surface area contributed by atoms with Crippen LogP contribution in [0.25, 0.3) is 0 Å². The van der Waals surface area contributed by atoms with Gasteiger partial charge >= 0.3 is 0 Å². The maximum Gasteiger partial charge on any atom is -0.0480 e. The number of nitrogens with zero attached hydrogens (tertiary/aromatic N) is 1. The van der Waals surface area contributed by atoms with Gasteiger partial charge in [0.2, 0.25) is 0 Å². The SMILES string of the molecule is NC1=CN=[C-]1. The van der Waals surface area contributed by atoms with E-state index in [9.17, 15) is 0 Å². The first-order chi connectivity index (χ1) is 2.39. The number of hydrogen-bond acceptors (Lipinski definition) is 2. The first-order valence-electron chi connectivity index (χ1n) is 1.31. The zero-order valence-electron chi connectivity index (χ0n) is 2.60. The largest absolute Gasteiger partial charge is 0.417 e. The van der Waals surface area contributed by atoms with Gasteiger partial charge in [-0.25, -0.2) is 0 Å². The van der Waals surface area contributed by atoms with Gasteiger partial charge in [-0.3, -0.25) is 0 Å². The monoisotopic (exact) mass is 67.0 g/mol. The van der Waals surface area contributed by atoms with E-state index < -0.39 is 0 Å². The lowest BCUT2D eigenvalue weighted by molar-refractivity contribution is 1.35. The predicted molar refractivity (Wildman–Crippen MR) is 19.7 cm³/mol. The van der Waals surface area contributed by atoms with Crippen molar-refractivity contribution in [2.75, 3.05) is 0 Å². The molecular weight excluding hydrogens is 64.0 g/mol. The molecule has 5 heavy (non-hydrogen) atoms. The third-order valence-electron chi connectivity index (χ3n) is 0.397. The van der Waals surface area contributed by atoms with Gasteiger partial charge in [-0.05, 0) is 5.70 Å². The van der Waals surface area contributed by atoms with Crippen LogP contribution in [0.4, 0.5) is 0 Å². The third kappa shape index (κ3) is 0.173. The second-order valence-electron chi connectivity index (χ2n) is 0.825. The first-order valence-corrected chi connectivity index (χ1v) is 1.31. The van der Waals surface area contributed by atoms with Crippen molar-refractivity contribution < 1.29 is 0 Å². The second kappa shape index (κ2) is 0.578. The normalized spacial score (nSPS) is 17.2. The van der Waals surface area contributed by atoms with Gasteiger partial charge in [0, 0.05) is 0 Å². The molecule has 0 saturated heterocycles. The summed E-state index contributed by atoms with van der Waals surface area (Å²) in [5, 5.41) is 0. The Balaban J connectivity index is 2.60. The van der Waals surface area contributed by atoms with Crippen molar-refractivity contribution in [3.63, 3.8) is 0 Å². The van der Waals surface area contributed by atoms with Crippen LogP contribution in [0, 0.1) is 0 Å². The number of hydrogen-bond donors (Lipinski definition) is 1. The first kappa shape index (κ1) is 2.45. The summed E-state index contributed by atoms with van der Waals surface area (Å²) in [5.41, 5.74) is 5.68. The maximum atomic E-state index is 5.03. The van der Waals surface area contributed by atoms with Crippen LogP contribution in [-0.4, -0.2) is 6.21 Å². The van der Waals surface area contributed by atoms with Crippen LogP contribution in [0.3, 0.4) is 0 Å². The molecule has 0 aromatic rings. The number of nitrogens with two attached hydrogens (primary N) is 1. The summed E-state index contributed by atoms with van der Waals surface area (Å²) >= 11 is 0. The molecule has 1 aliphatic rings. The summed E-state index contributed by atoms with van der Waals surface area (Å²) in [6, 6.07) is 0. The minimum absolute atomic E-state index is 0.644. The third-order valence-corrected chi connectivity index (χ3v) is 0.397. The molecule has 0 atom stereocenters. The zero-order chi connectivity index (χ0) is 3.70. The van der Waals surface area contributed by atoms with E-state index in [2.05, 4.69) is 11.2 Å². The van der Waals surface area contributed by atoms with Gasteiger partial charge in [0.05, 0.1) is 0 Å². The molecule has 26 valence electrons. The second-order valence-corrected chi connectivity index (χ2v) is 0.825. The highest BCUT2D eigenvalue weighted by Crippen LogP contribution is 1.88. The maximum absolute atomic E-state index is 5.03. The highest BCUT2D eigenvalue weighted by Gasteiger charge is 1.74. The van der Waals surface area contributed by atoms with Gasteiger partial charge in [-0.2, -0.15) is 0 Å². The molecule has 2 nitrogen and oxygen atoms in total. The van der Waals surface area contributed by atoms with E-state index >= 15 is 0 Å². The summed E-state index contributed by atoms with van der Waals surface area (Å²) in [6.45, 7) is 0. The molecule has 0 radical (unpaired) electrons. The molecular formula is C3H3N2-.